The molecular formula is C22H13NO3S. The molecule has 130 valence electrons. The van der Waals surface area contributed by atoms with Crippen LogP contribution in [0.15, 0.2) is 94.2 Å². The Kier molecular flexibility index (Phi) is 3.98. The van der Waals surface area contributed by atoms with Gasteiger partial charge in [0.15, 0.2) is 0 Å². The predicted octanol–water partition coefficient (Wildman–Crippen LogP) is 4.04. The second-order valence-electron chi connectivity index (χ2n) is 6.05. The Labute approximate surface area is 156 Å². The molecule has 0 bridgehead atoms. The number of hydrogen-bond acceptors (Lipinski definition) is 4. The van der Waals surface area contributed by atoms with Crippen LogP contribution in [-0.4, -0.2) is 14.2 Å². The largest absolute Gasteiger partial charge is 0.288 e. The standard InChI is InChI=1S/C22H13NO3S/c23-14-18(22(24)15-8-2-1-3-9-15)21-16-10-4-6-12-19(16)27(25,26)20-13-7-5-11-17(20)21/h1-13H. The quantitative estimate of drug-likeness (QED) is 0.303. The van der Waals surface area contributed by atoms with Crippen molar-refractivity contribution in [2.24, 2.45) is 0 Å². The Morgan fingerprint density at radius 1 is 0.741 bits per heavy atom. The minimum Gasteiger partial charge on any atom is -0.288 e. The number of carbonyl (C=O) groups is 1. The van der Waals surface area contributed by atoms with Crippen LogP contribution in [-0.2, 0) is 9.84 Å². The lowest BCUT2D eigenvalue weighted by Gasteiger charge is -2.23. The number of Topliss-reactive ketones (excluding diaryl/α,β-unsaturated/α-hetero) is 1. The molecule has 0 amide bonds. The minimum absolute atomic E-state index is 0.0731. The zero-order valence-corrected chi connectivity index (χ0v) is 14.9. The van der Waals surface area contributed by atoms with Gasteiger partial charge in [-0.25, -0.2) is 8.42 Å². The molecule has 0 fully saturated rings. The Bertz CT molecular complexity index is 1190. The number of nitriles is 1. The maximum Gasteiger partial charge on any atom is 0.207 e. The van der Waals surface area contributed by atoms with E-state index in [1.165, 1.54) is 12.1 Å². The lowest BCUT2D eigenvalue weighted by atomic mass is 9.89. The van der Waals surface area contributed by atoms with Crippen LogP contribution in [0.4, 0.5) is 0 Å². The molecule has 0 saturated heterocycles. The molecule has 0 spiro atoms. The lowest BCUT2D eigenvalue weighted by molar-refractivity contribution is 0.103. The first-order valence-corrected chi connectivity index (χ1v) is 9.72. The molecule has 1 aliphatic heterocycles. The van der Waals surface area contributed by atoms with Gasteiger partial charge in [-0.1, -0.05) is 66.7 Å². The second-order valence-corrected chi connectivity index (χ2v) is 7.94. The molecule has 5 heteroatoms. The van der Waals surface area contributed by atoms with Crippen molar-refractivity contribution in [1.29, 1.82) is 5.26 Å². The van der Waals surface area contributed by atoms with Crippen LogP contribution >= 0.6 is 0 Å². The van der Waals surface area contributed by atoms with Crippen LogP contribution in [0.25, 0.3) is 5.57 Å². The van der Waals surface area contributed by atoms with Crippen molar-refractivity contribution < 1.29 is 13.2 Å². The maximum absolute atomic E-state index is 13.0. The molecule has 0 saturated carbocycles. The second kappa shape index (κ2) is 6.35. The van der Waals surface area contributed by atoms with Crippen molar-refractivity contribution in [2.75, 3.05) is 0 Å². The highest BCUT2D eigenvalue weighted by molar-refractivity contribution is 7.91. The Balaban J connectivity index is 2.11. The summed E-state index contributed by atoms with van der Waals surface area (Å²) >= 11 is 0. The highest BCUT2D eigenvalue weighted by Crippen LogP contribution is 2.42. The van der Waals surface area contributed by atoms with E-state index in [0.717, 1.165) is 0 Å². The van der Waals surface area contributed by atoms with E-state index in [2.05, 4.69) is 0 Å². The fraction of sp³-hybridized carbons (Fsp3) is 0. The molecule has 0 aromatic heterocycles. The Morgan fingerprint density at radius 3 is 1.74 bits per heavy atom. The molecule has 27 heavy (non-hydrogen) atoms. The number of carbonyl (C=O) groups excluding carboxylic acids is 1. The summed E-state index contributed by atoms with van der Waals surface area (Å²) in [7, 11) is -3.72. The smallest absolute Gasteiger partial charge is 0.207 e. The number of fused-ring (bicyclic) bond motifs is 2. The topological polar surface area (TPSA) is 75.0 Å². The van der Waals surface area contributed by atoms with Crippen LogP contribution in [0.3, 0.4) is 0 Å². The number of rotatable bonds is 2. The first kappa shape index (κ1) is 17.0. The highest BCUT2D eigenvalue weighted by atomic mass is 32.2. The number of ketones is 1. The Morgan fingerprint density at radius 2 is 1.22 bits per heavy atom. The van der Waals surface area contributed by atoms with E-state index in [4.69, 9.17) is 0 Å². The fourth-order valence-electron chi connectivity index (χ4n) is 3.30. The summed E-state index contributed by atoms with van der Waals surface area (Å²) in [6.07, 6.45) is 0. The molecule has 1 aliphatic rings. The molecule has 0 atom stereocenters. The van der Waals surface area contributed by atoms with Gasteiger partial charge in [-0.2, -0.15) is 5.26 Å². The van der Waals surface area contributed by atoms with E-state index in [-0.39, 0.29) is 15.4 Å². The number of benzene rings is 3. The molecule has 3 aromatic rings. The molecule has 4 rings (SSSR count). The summed E-state index contributed by atoms with van der Waals surface area (Å²) in [4.78, 5) is 13.2. The normalized spacial score (nSPS) is 13.8. The monoisotopic (exact) mass is 371 g/mol. The first-order chi connectivity index (χ1) is 13.1. The highest BCUT2D eigenvalue weighted by Gasteiger charge is 2.34. The van der Waals surface area contributed by atoms with Crippen molar-refractivity contribution in [3.63, 3.8) is 0 Å². The van der Waals surface area contributed by atoms with E-state index >= 15 is 0 Å². The van der Waals surface area contributed by atoms with Crippen molar-refractivity contribution in [2.45, 2.75) is 9.79 Å². The molecular weight excluding hydrogens is 358 g/mol. The van der Waals surface area contributed by atoms with Gasteiger partial charge in [0.05, 0.1) is 9.79 Å². The van der Waals surface area contributed by atoms with E-state index in [1.807, 2.05) is 6.07 Å². The average Bonchev–Trinajstić information content (AvgIpc) is 2.71. The van der Waals surface area contributed by atoms with Crippen LogP contribution < -0.4 is 0 Å². The molecule has 4 nitrogen and oxygen atoms in total. The summed E-state index contributed by atoms with van der Waals surface area (Å²) in [5.41, 5.74) is 1.40. The van der Waals surface area contributed by atoms with E-state index in [0.29, 0.717) is 22.3 Å². The first-order valence-electron chi connectivity index (χ1n) is 8.23. The molecule has 3 aromatic carbocycles. The van der Waals surface area contributed by atoms with Gasteiger partial charge in [-0.3, -0.25) is 4.79 Å². The molecule has 0 radical (unpaired) electrons. The average molecular weight is 371 g/mol. The SMILES string of the molecule is N#CC(C(=O)c1ccccc1)=C1c2ccccc2S(=O)(=O)c2ccccc21. The van der Waals surface area contributed by atoms with Crippen molar-refractivity contribution in [3.8, 4) is 6.07 Å². The van der Waals surface area contributed by atoms with Gasteiger partial charge in [-0.05, 0) is 12.1 Å². The van der Waals surface area contributed by atoms with Crippen LogP contribution in [0, 0.1) is 11.3 Å². The third-order valence-electron chi connectivity index (χ3n) is 4.52. The molecule has 0 unspecified atom stereocenters. The summed E-state index contributed by atoms with van der Waals surface area (Å²) < 4.78 is 26.0. The summed E-state index contributed by atoms with van der Waals surface area (Å²) in [5, 5.41) is 9.81. The van der Waals surface area contributed by atoms with Gasteiger partial charge in [0.1, 0.15) is 11.6 Å². The van der Waals surface area contributed by atoms with Gasteiger partial charge in [0, 0.05) is 22.3 Å². The predicted molar refractivity (Wildman–Crippen MR) is 101 cm³/mol. The number of allylic oxidation sites excluding steroid dienone is 1. The number of hydrogen-bond donors (Lipinski definition) is 0. The minimum atomic E-state index is -3.72. The van der Waals surface area contributed by atoms with Gasteiger partial charge < -0.3 is 0 Å². The zero-order valence-electron chi connectivity index (χ0n) is 14.1. The van der Waals surface area contributed by atoms with Gasteiger partial charge >= 0.3 is 0 Å². The van der Waals surface area contributed by atoms with E-state index in [1.54, 1.807) is 66.7 Å². The Hall–Kier alpha value is -3.49. The number of nitrogens with zero attached hydrogens (tertiary/aromatic N) is 1. The van der Waals surface area contributed by atoms with Gasteiger partial charge in [0.2, 0.25) is 15.6 Å². The van der Waals surface area contributed by atoms with Crippen molar-refractivity contribution >= 4 is 21.2 Å². The van der Waals surface area contributed by atoms with Crippen LogP contribution in [0.1, 0.15) is 21.5 Å². The van der Waals surface area contributed by atoms with Crippen molar-refractivity contribution in [1.82, 2.24) is 0 Å². The van der Waals surface area contributed by atoms with Gasteiger partial charge in [-0.15, -0.1) is 0 Å². The molecule has 1 heterocycles. The van der Waals surface area contributed by atoms with E-state index in [9.17, 15) is 18.5 Å². The number of sulfone groups is 1. The van der Waals surface area contributed by atoms with E-state index < -0.39 is 15.6 Å². The van der Waals surface area contributed by atoms with Gasteiger partial charge in [0.25, 0.3) is 0 Å². The summed E-state index contributed by atoms with van der Waals surface area (Å²) in [5.74, 6) is -0.433. The lowest BCUT2D eigenvalue weighted by Crippen LogP contribution is -2.16. The third kappa shape index (κ3) is 2.59. The molecule has 0 aliphatic carbocycles. The zero-order chi connectivity index (χ0) is 19.0. The van der Waals surface area contributed by atoms with Crippen LogP contribution in [0.5, 0.6) is 0 Å². The summed E-state index contributed by atoms with van der Waals surface area (Å²) in [6.45, 7) is 0. The van der Waals surface area contributed by atoms with Crippen molar-refractivity contribution in [3.05, 3.63) is 101 Å². The third-order valence-corrected chi connectivity index (χ3v) is 6.39. The van der Waals surface area contributed by atoms with Crippen LogP contribution in [0.2, 0.25) is 0 Å². The molecule has 0 N–H and O–H groups in total. The summed E-state index contributed by atoms with van der Waals surface area (Å²) in [6, 6.07) is 23.4. The fourth-order valence-corrected chi connectivity index (χ4v) is 4.97. The maximum atomic E-state index is 13.0.